The van der Waals surface area contributed by atoms with Crippen molar-refractivity contribution in [1.82, 2.24) is 24.1 Å². The highest BCUT2D eigenvalue weighted by molar-refractivity contribution is 6.11. The summed E-state index contributed by atoms with van der Waals surface area (Å²) in [5, 5.41) is 10.4. The fourth-order valence-electron chi connectivity index (χ4n) is 7.03. The van der Waals surface area contributed by atoms with Crippen LogP contribution in [-0.2, 0) is 0 Å². The first-order valence-corrected chi connectivity index (χ1v) is 15.5. The van der Waals surface area contributed by atoms with E-state index in [1.807, 2.05) is 35.8 Å². The first kappa shape index (κ1) is 26.4. The Labute approximate surface area is 265 Å². The third kappa shape index (κ3) is 4.00. The Bertz CT molecular complexity index is 2590. The van der Waals surface area contributed by atoms with Crippen LogP contribution in [0.15, 0.2) is 121 Å². The standard InChI is InChI=1S/C40H29N5O/c1-24-10-8-11-25(2)38(24)27-20-28(44-36-16-7-6-13-32(36)35-15-9-19-41-39(35)44)22-30(21-27)46-29-17-18-33-31-12-4-5-14-34(31)40-42-26(3)43-45(40)37(33)23-29/h4-23H,1-3H3. The highest BCUT2D eigenvalue weighted by Gasteiger charge is 2.17. The van der Waals surface area contributed by atoms with E-state index in [4.69, 9.17) is 19.8 Å². The third-order valence-electron chi connectivity index (χ3n) is 8.96. The van der Waals surface area contributed by atoms with Crippen molar-refractivity contribution < 1.29 is 4.74 Å². The molecular formula is C40H29N5O. The number of benzene rings is 5. The molecule has 0 atom stereocenters. The first-order valence-electron chi connectivity index (χ1n) is 15.5. The van der Waals surface area contributed by atoms with Gasteiger partial charge in [-0.25, -0.2) is 14.5 Å². The minimum absolute atomic E-state index is 0.724. The first-order chi connectivity index (χ1) is 22.5. The van der Waals surface area contributed by atoms with Gasteiger partial charge in [0.15, 0.2) is 5.65 Å². The van der Waals surface area contributed by atoms with Gasteiger partial charge in [-0.05, 0) is 90.9 Å². The van der Waals surface area contributed by atoms with Crippen LogP contribution in [0, 0.1) is 20.8 Å². The van der Waals surface area contributed by atoms with Crippen LogP contribution < -0.4 is 4.74 Å². The molecule has 46 heavy (non-hydrogen) atoms. The maximum atomic E-state index is 6.76. The van der Waals surface area contributed by atoms with E-state index >= 15 is 0 Å². The molecule has 9 aromatic rings. The maximum Gasteiger partial charge on any atom is 0.164 e. The van der Waals surface area contributed by atoms with Gasteiger partial charge >= 0.3 is 0 Å². The molecule has 4 aromatic heterocycles. The molecule has 0 spiro atoms. The summed E-state index contributed by atoms with van der Waals surface area (Å²) in [6.07, 6.45) is 1.86. The van der Waals surface area contributed by atoms with Crippen molar-refractivity contribution in [1.29, 1.82) is 0 Å². The molecule has 0 amide bonds. The van der Waals surface area contributed by atoms with Crippen LogP contribution in [0.25, 0.3) is 66.1 Å². The van der Waals surface area contributed by atoms with E-state index in [-0.39, 0.29) is 0 Å². The van der Waals surface area contributed by atoms with Crippen LogP contribution in [0.2, 0.25) is 0 Å². The van der Waals surface area contributed by atoms with Crippen molar-refractivity contribution in [2.24, 2.45) is 0 Å². The molecule has 0 saturated carbocycles. The van der Waals surface area contributed by atoms with Crippen molar-refractivity contribution in [3.63, 3.8) is 0 Å². The second kappa shape index (κ2) is 10.0. The number of nitrogens with zero attached hydrogens (tertiary/aromatic N) is 5. The minimum Gasteiger partial charge on any atom is -0.457 e. The van der Waals surface area contributed by atoms with Crippen LogP contribution in [-0.4, -0.2) is 24.1 Å². The van der Waals surface area contributed by atoms with Gasteiger partial charge in [-0.2, -0.15) is 5.10 Å². The molecule has 0 aliphatic heterocycles. The predicted octanol–water partition coefficient (Wildman–Crippen LogP) is 9.91. The molecule has 220 valence electrons. The Hall–Kier alpha value is -6.01. The molecule has 0 N–H and O–H groups in total. The smallest absolute Gasteiger partial charge is 0.164 e. The Morgan fingerprint density at radius 2 is 1.28 bits per heavy atom. The molecule has 0 aliphatic carbocycles. The van der Waals surface area contributed by atoms with Crippen LogP contribution >= 0.6 is 0 Å². The molecule has 6 nitrogen and oxygen atoms in total. The fraction of sp³-hybridized carbons (Fsp3) is 0.0750. The summed E-state index contributed by atoms with van der Waals surface area (Å²) >= 11 is 0. The number of hydrogen-bond acceptors (Lipinski definition) is 4. The van der Waals surface area contributed by atoms with Gasteiger partial charge in [0.1, 0.15) is 23.0 Å². The van der Waals surface area contributed by atoms with Gasteiger partial charge in [0.05, 0.1) is 16.7 Å². The van der Waals surface area contributed by atoms with Gasteiger partial charge in [0.2, 0.25) is 0 Å². The molecule has 0 saturated heterocycles. The SMILES string of the molecule is Cc1nc2c3ccccc3c3ccc(Oc4cc(-c5c(C)cccc5C)cc(-n5c6ccccc6c6cccnc65)c4)cc3n2n1. The van der Waals surface area contributed by atoms with Crippen molar-refractivity contribution in [3.8, 4) is 28.3 Å². The number of rotatable bonds is 4. The van der Waals surface area contributed by atoms with Crippen molar-refractivity contribution in [2.75, 3.05) is 0 Å². The molecule has 4 heterocycles. The largest absolute Gasteiger partial charge is 0.457 e. The maximum absolute atomic E-state index is 6.76. The molecule has 0 bridgehead atoms. The van der Waals surface area contributed by atoms with E-state index in [1.54, 1.807) is 0 Å². The number of fused-ring (bicyclic) bond motifs is 9. The molecule has 9 rings (SSSR count). The Morgan fingerprint density at radius 3 is 2.13 bits per heavy atom. The van der Waals surface area contributed by atoms with Gasteiger partial charge in [0.25, 0.3) is 0 Å². The zero-order chi connectivity index (χ0) is 30.9. The Kier molecular flexibility index (Phi) is 5.74. The Morgan fingerprint density at radius 1 is 0.565 bits per heavy atom. The number of para-hydroxylation sites is 1. The molecule has 5 aromatic carbocycles. The summed E-state index contributed by atoms with van der Waals surface area (Å²) in [4.78, 5) is 9.60. The lowest BCUT2D eigenvalue weighted by Gasteiger charge is -2.16. The second-order valence-electron chi connectivity index (χ2n) is 11.9. The van der Waals surface area contributed by atoms with Crippen molar-refractivity contribution in [3.05, 3.63) is 138 Å². The summed E-state index contributed by atoms with van der Waals surface area (Å²) in [7, 11) is 0. The highest BCUT2D eigenvalue weighted by Crippen LogP contribution is 2.38. The normalized spacial score (nSPS) is 11.8. The van der Waals surface area contributed by atoms with Gasteiger partial charge in [-0.1, -0.05) is 60.7 Å². The lowest BCUT2D eigenvalue weighted by Crippen LogP contribution is -1.99. The van der Waals surface area contributed by atoms with Crippen LogP contribution in [0.1, 0.15) is 17.0 Å². The van der Waals surface area contributed by atoms with Crippen molar-refractivity contribution >= 4 is 49.3 Å². The average Bonchev–Trinajstić information content (AvgIpc) is 3.63. The van der Waals surface area contributed by atoms with E-state index < -0.39 is 0 Å². The van der Waals surface area contributed by atoms with E-state index in [9.17, 15) is 0 Å². The number of aromatic nitrogens is 5. The van der Waals surface area contributed by atoms with Gasteiger partial charge in [-0.15, -0.1) is 0 Å². The van der Waals surface area contributed by atoms with Gasteiger partial charge in [0, 0.05) is 39.9 Å². The fourth-order valence-corrected chi connectivity index (χ4v) is 7.03. The van der Waals surface area contributed by atoms with E-state index in [0.717, 1.165) is 72.4 Å². The number of ether oxygens (including phenoxy) is 1. The van der Waals surface area contributed by atoms with Gasteiger partial charge < -0.3 is 4.74 Å². The lowest BCUT2D eigenvalue weighted by atomic mass is 9.95. The lowest BCUT2D eigenvalue weighted by molar-refractivity contribution is 0.483. The quantitative estimate of drug-likeness (QED) is 0.190. The number of pyridine rings is 2. The summed E-state index contributed by atoms with van der Waals surface area (Å²) in [6.45, 7) is 6.26. The second-order valence-corrected chi connectivity index (χ2v) is 11.9. The molecule has 6 heteroatoms. The van der Waals surface area contributed by atoms with E-state index in [1.165, 1.54) is 22.1 Å². The zero-order valence-electron chi connectivity index (χ0n) is 25.7. The van der Waals surface area contributed by atoms with Crippen LogP contribution in [0.5, 0.6) is 11.5 Å². The summed E-state index contributed by atoms with van der Waals surface area (Å²) in [6, 6.07) is 40.1. The molecule has 0 aliphatic rings. The van der Waals surface area contributed by atoms with Crippen LogP contribution in [0.4, 0.5) is 0 Å². The van der Waals surface area contributed by atoms with Gasteiger partial charge in [-0.3, -0.25) is 4.57 Å². The van der Waals surface area contributed by atoms with Crippen LogP contribution in [0.3, 0.4) is 0 Å². The average molecular weight is 596 g/mol. The summed E-state index contributed by atoms with van der Waals surface area (Å²) in [5.74, 6) is 2.19. The summed E-state index contributed by atoms with van der Waals surface area (Å²) in [5.41, 5.74) is 9.51. The third-order valence-corrected chi connectivity index (χ3v) is 8.96. The predicted molar refractivity (Wildman–Crippen MR) is 186 cm³/mol. The molecule has 0 fully saturated rings. The summed E-state index contributed by atoms with van der Waals surface area (Å²) < 4.78 is 10.9. The number of hydrogen-bond donors (Lipinski definition) is 0. The molecule has 0 unspecified atom stereocenters. The number of aryl methyl sites for hydroxylation is 3. The monoisotopic (exact) mass is 595 g/mol. The molecule has 0 radical (unpaired) electrons. The topological polar surface area (TPSA) is 57.2 Å². The Balaban J connectivity index is 1.27. The molecular weight excluding hydrogens is 566 g/mol. The van der Waals surface area contributed by atoms with Crippen molar-refractivity contribution in [2.45, 2.75) is 20.8 Å². The minimum atomic E-state index is 0.724. The van der Waals surface area contributed by atoms with E-state index in [2.05, 4.69) is 115 Å². The highest BCUT2D eigenvalue weighted by atomic mass is 16.5. The zero-order valence-corrected chi connectivity index (χ0v) is 25.7. The van der Waals surface area contributed by atoms with E-state index in [0.29, 0.717) is 0 Å².